The van der Waals surface area contributed by atoms with Gasteiger partial charge in [-0.3, -0.25) is 4.98 Å². The molecule has 0 aliphatic carbocycles. The molecule has 0 spiro atoms. The Labute approximate surface area is 264 Å². The number of carboxylic acid groups (broad SMARTS) is 2. The highest BCUT2D eigenvalue weighted by Crippen LogP contribution is 2.46. The van der Waals surface area contributed by atoms with Crippen LogP contribution < -0.4 is 15.1 Å². The van der Waals surface area contributed by atoms with Crippen LogP contribution in [0, 0.1) is 5.92 Å². The number of hydrogen-bond acceptors (Lipinski definition) is 7. The second-order valence-electron chi connectivity index (χ2n) is 16.6. The molecular weight excluding hydrogens is 580 g/mol. The molecule has 0 aromatic carbocycles. The molecule has 0 bridgehead atoms. The van der Waals surface area contributed by atoms with E-state index in [1.54, 1.807) is 27.0 Å². The molecule has 3 N–H and O–H groups in total. The predicted molar refractivity (Wildman–Crippen MR) is 177 cm³/mol. The fraction of sp³-hybridized carbons (Fsp3) is 0.750. The molecule has 1 aliphatic heterocycles. The topological polar surface area (TPSA) is 142 Å². The largest absolute Gasteiger partial charge is 0.464 e. The van der Waals surface area contributed by atoms with Gasteiger partial charge in [0, 0.05) is 36.2 Å². The van der Waals surface area contributed by atoms with Crippen LogP contribution in [0.1, 0.15) is 101 Å². The Bertz CT molecular complexity index is 1230. The van der Waals surface area contributed by atoms with Gasteiger partial charge in [0.15, 0.2) is 8.32 Å². The van der Waals surface area contributed by atoms with Crippen molar-refractivity contribution < 1.29 is 33.8 Å². The first-order chi connectivity index (χ1) is 19.6. The molecular formula is C32H56N4O7Si. The van der Waals surface area contributed by atoms with E-state index in [1.807, 2.05) is 53.4 Å². The lowest BCUT2D eigenvalue weighted by molar-refractivity contribution is 0.0336. The number of aromatic nitrogens is 1. The molecule has 3 atom stereocenters. The molecule has 0 saturated carbocycles. The first-order valence-electron chi connectivity index (χ1n) is 15.3. The second kappa shape index (κ2) is 12.5. The van der Waals surface area contributed by atoms with Crippen LogP contribution in [-0.2, 0) is 20.0 Å². The average Bonchev–Trinajstić information content (AvgIpc) is 2.76. The zero-order valence-corrected chi connectivity index (χ0v) is 30.5. The van der Waals surface area contributed by atoms with Gasteiger partial charge in [-0.1, -0.05) is 69.2 Å². The Hall–Kier alpha value is -2.86. The van der Waals surface area contributed by atoms with Crippen molar-refractivity contribution >= 4 is 38.0 Å². The van der Waals surface area contributed by atoms with Crippen molar-refractivity contribution in [1.82, 2.24) is 10.3 Å². The molecule has 0 unspecified atom stereocenters. The Morgan fingerprint density at radius 3 is 1.86 bits per heavy atom. The summed E-state index contributed by atoms with van der Waals surface area (Å²) in [5, 5.41) is 23.4. The van der Waals surface area contributed by atoms with Gasteiger partial charge in [0.05, 0.1) is 23.5 Å². The highest BCUT2D eigenvalue weighted by Gasteiger charge is 2.47. The Kier molecular flexibility index (Phi) is 10.6. The zero-order chi connectivity index (χ0) is 34.4. The van der Waals surface area contributed by atoms with Gasteiger partial charge >= 0.3 is 18.3 Å². The van der Waals surface area contributed by atoms with Crippen LogP contribution in [0.3, 0.4) is 0 Å². The van der Waals surface area contributed by atoms with Crippen LogP contribution in [0.25, 0.3) is 0 Å². The monoisotopic (exact) mass is 636 g/mol. The summed E-state index contributed by atoms with van der Waals surface area (Å²) in [4.78, 5) is 45.3. The van der Waals surface area contributed by atoms with Gasteiger partial charge in [0.2, 0.25) is 0 Å². The number of hydrogen-bond donors (Lipinski definition) is 3. The fourth-order valence-corrected chi connectivity index (χ4v) is 6.57. The summed E-state index contributed by atoms with van der Waals surface area (Å²) in [7, 11) is -2.29. The van der Waals surface area contributed by atoms with Crippen LogP contribution >= 0.6 is 0 Å². The molecule has 3 amide bonds. The predicted octanol–water partition coefficient (Wildman–Crippen LogP) is 7.58. The van der Waals surface area contributed by atoms with Gasteiger partial charge in [-0.25, -0.2) is 14.4 Å². The number of ether oxygens (including phenoxy) is 1. The Balaban J connectivity index is 2.88. The van der Waals surface area contributed by atoms with Crippen LogP contribution in [-0.4, -0.2) is 72.6 Å². The summed E-state index contributed by atoms with van der Waals surface area (Å²) in [5.74, 6) is -0.132. The van der Waals surface area contributed by atoms with Crippen LogP contribution in [0.2, 0.25) is 18.1 Å². The van der Waals surface area contributed by atoms with Gasteiger partial charge in [-0.15, -0.1) is 0 Å². The molecule has 12 heteroatoms. The minimum atomic E-state index is -2.29. The maximum Gasteiger partial charge on any atom is 0.421 e. The van der Waals surface area contributed by atoms with E-state index in [-0.39, 0.29) is 29.3 Å². The Morgan fingerprint density at radius 1 is 0.932 bits per heavy atom. The van der Waals surface area contributed by atoms with Crippen LogP contribution in [0.5, 0.6) is 0 Å². The summed E-state index contributed by atoms with van der Waals surface area (Å²) in [6.07, 6.45) is -2.46. The van der Waals surface area contributed by atoms with Gasteiger partial charge in [0.25, 0.3) is 0 Å². The number of piperidine rings is 1. The summed E-state index contributed by atoms with van der Waals surface area (Å²) in [6, 6.07) is -0.544. The Morgan fingerprint density at radius 2 is 1.45 bits per heavy atom. The number of pyridine rings is 1. The summed E-state index contributed by atoms with van der Waals surface area (Å²) in [5.41, 5.74) is -0.417. The van der Waals surface area contributed by atoms with Crippen molar-refractivity contribution in [3.63, 3.8) is 0 Å². The highest BCUT2D eigenvalue weighted by molar-refractivity contribution is 6.74. The number of carbonyl (C=O) groups is 3. The molecule has 1 saturated heterocycles. The molecule has 44 heavy (non-hydrogen) atoms. The van der Waals surface area contributed by atoms with E-state index >= 15 is 0 Å². The number of nitrogens with zero attached hydrogens (tertiary/aromatic N) is 3. The van der Waals surface area contributed by atoms with E-state index in [0.717, 1.165) is 0 Å². The number of amides is 3. The average molecular weight is 637 g/mol. The number of imide groups is 1. The van der Waals surface area contributed by atoms with E-state index in [1.165, 1.54) is 0 Å². The van der Waals surface area contributed by atoms with Crippen LogP contribution in [0.4, 0.5) is 25.8 Å². The third-order valence-corrected chi connectivity index (χ3v) is 12.8. The molecule has 11 nitrogen and oxygen atoms in total. The van der Waals surface area contributed by atoms with E-state index in [9.17, 15) is 24.6 Å². The maximum absolute atomic E-state index is 13.2. The SMILES string of the molecule is C[C@H]1CN(c2c(C(C)(C)C)cnc(C(C)(C)C)c2N(C(=O)O)C(=O)O)C[C@@H](NC(=O)OC(C)(C)C)[C@@H]1O[Si](C)(C)C(C)(C)C. The van der Waals surface area contributed by atoms with Crippen LogP contribution in [0.15, 0.2) is 6.20 Å². The number of nitrogens with one attached hydrogen (secondary N) is 1. The summed E-state index contributed by atoms with van der Waals surface area (Å²) < 4.78 is 12.6. The highest BCUT2D eigenvalue weighted by atomic mass is 28.4. The molecule has 1 aromatic rings. The van der Waals surface area contributed by atoms with E-state index < -0.39 is 49.1 Å². The smallest absolute Gasteiger partial charge is 0.421 e. The minimum absolute atomic E-state index is 0.0110. The van der Waals surface area contributed by atoms with Crippen molar-refractivity contribution in [2.45, 2.75) is 137 Å². The van der Waals surface area contributed by atoms with Crippen molar-refractivity contribution in [2.75, 3.05) is 22.9 Å². The summed E-state index contributed by atoms with van der Waals surface area (Å²) >= 11 is 0. The summed E-state index contributed by atoms with van der Waals surface area (Å²) in [6.45, 7) is 30.5. The first-order valence-corrected chi connectivity index (χ1v) is 18.2. The van der Waals surface area contributed by atoms with E-state index in [4.69, 9.17) is 9.16 Å². The third-order valence-electron chi connectivity index (χ3n) is 8.29. The van der Waals surface area contributed by atoms with Gasteiger partial charge in [-0.05, 0) is 44.3 Å². The third kappa shape index (κ3) is 8.65. The molecule has 0 radical (unpaired) electrons. The first kappa shape index (κ1) is 37.3. The normalized spacial score (nSPS) is 20.2. The van der Waals surface area contributed by atoms with Crippen molar-refractivity contribution in [3.05, 3.63) is 17.5 Å². The lowest BCUT2D eigenvalue weighted by Crippen LogP contribution is -2.63. The number of anilines is 2. The molecule has 1 fully saturated rings. The standard InChI is InChI=1S/C32H56N4O7Si/c1-19-17-35(18-21(34-26(37)42-31(8,9)10)24(19)43-44(14,15)32(11,12)13)22-20(29(2,3)4)16-33-25(30(5,6)7)23(22)36(27(38)39)28(40)41/h16,19,21,24H,17-18H2,1-15H3,(H,34,37)(H,38,39)(H,40,41)/t19-,21+,24+/m0/s1. The van der Waals surface area contributed by atoms with Gasteiger partial charge in [0.1, 0.15) is 11.3 Å². The maximum atomic E-state index is 13.2. The molecule has 1 aliphatic rings. The number of alkyl carbamates (subject to hydrolysis) is 1. The lowest BCUT2D eigenvalue weighted by atomic mass is 9.81. The van der Waals surface area contributed by atoms with E-state index in [0.29, 0.717) is 28.4 Å². The lowest BCUT2D eigenvalue weighted by Gasteiger charge is -2.49. The quantitative estimate of drug-likeness (QED) is 0.279. The van der Waals surface area contributed by atoms with Gasteiger partial charge < -0.3 is 29.6 Å². The number of rotatable bonds is 5. The van der Waals surface area contributed by atoms with Crippen molar-refractivity contribution in [2.24, 2.45) is 5.92 Å². The van der Waals surface area contributed by atoms with Gasteiger partial charge in [-0.2, -0.15) is 4.90 Å². The molecule has 2 rings (SSSR count). The van der Waals surface area contributed by atoms with Crippen molar-refractivity contribution in [3.8, 4) is 0 Å². The molecule has 2 heterocycles. The van der Waals surface area contributed by atoms with Crippen molar-refractivity contribution in [1.29, 1.82) is 0 Å². The number of carbonyl (C=O) groups excluding carboxylic acids is 1. The van der Waals surface area contributed by atoms with E-state index in [2.05, 4.69) is 44.2 Å². The molecule has 1 aromatic heterocycles. The second-order valence-corrected chi connectivity index (χ2v) is 21.4. The minimum Gasteiger partial charge on any atom is -0.464 e. The molecule has 250 valence electrons. The zero-order valence-electron chi connectivity index (χ0n) is 29.5. The fourth-order valence-electron chi connectivity index (χ4n) is 5.14.